The highest BCUT2D eigenvalue weighted by Gasteiger charge is 2.26. The number of nitrogens with zero attached hydrogens (tertiary/aromatic N) is 2. The van der Waals surface area contributed by atoms with Crippen LogP contribution in [-0.2, 0) is 0 Å². The van der Waals surface area contributed by atoms with Crippen LogP contribution < -0.4 is 10.9 Å². The summed E-state index contributed by atoms with van der Waals surface area (Å²) in [5.41, 5.74) is 10.8. The first-order valence-corrected chi connectivity index (χ1v) is 10.1. The van der Waals surface area contributed by atoms with Crippen molar-refractivity contribution < 1.29 is 0 Å². The van der Waals surface area contributed by atoms with E-state index in [2.05, 4.69) is 85.5 Å². The van der Waals surface area contributed by atoms with Crippen molar-refractivity contribution in [2.24, 2.45) is 16.1 Å². The number of hydrogen-bond donors (Lipinski definition) is 2. The lowest BCUT2D eigenvalue weighted by molar-refractivity contribution is 0.556. The number of hydrazine groups is 1. The van der Waals surface area contributed by atoms with Gasteiger partial charge >= 0.3 is 0 Å². The molecule has 0 saturated carbocycles. The van der Waals surface area contributed by atoms with Gasteiger partial charge in [0.05, 0.1) is 6.04 Å². The SMILES string of the molecule is Brc1ccc(C2NNCC2/C=N/N=C(c2ccccc2)c2ccccc2)cc1. The number of hydrogen-bond acceptors (Lipinski definition) is 4. The van der Waals surface area contributed by atoms with Crippen molar-refractivity contribution in [3.05, 3.63) is 106 Å². The van der Waals surface area contributed by atoms with Gasteiger partial charge in [0.2, 0.25) is 0 Å². The average molecular weight is 433 g/mol. The standard InChI is InChI=1S/C23H21BrN4/c24-21-13-11-19(12-14-21)23-20(16-26-28-23)15-25-27-22(17-7-3-1-4-8-17)18-9-5-2-6-10-18/h1-15,20,23,26,28H,16H2/b25-15+. The van der Waals surface area contributed by atoms with Crippen LogP contribution in [0.1, 0.15) is 22.7 Å². The molecule has 1 heterocycles. The molecule has 28 heavy (non-hydrogen) atoms. The minimum Gasteiger partial charge on any atom is -0.257 e. The molecule has 3 aromatic carbocycles. The van der Waals surface area contributed by atoms with Gasteiger partial charge in [0.1, 0.15) is 5.71 Å². The van der Waals surface area contributed by atoms with E-state index >= 15 is 0 Å². The molecule has 1 aliphatic heterocycles. The third-order valence-electron chi connectivity index (χ3n) is 4.76. The maximum Gasteiger partial charge on any atom is 0.100 e. The van der Waals surface area contributed by atoms with Crippen molar-refractivity contribution in [1.82, 2.24) is 10.9 Å². The normalized spacial score (nSPS) is 19.0. The van der Waals surface area contributed by atoms with Crippen molar-refractivity contribution in [3.63, 3.8) is 0 Å². The molecule has 0 bridgehead atoms. The van der Waals surface area contributed by atoms with Crippen molar-refractivity contribution in [3.8, 4) is 0 Å². The Morgan fingerprint density at radius 2 is 1.46 bits per heavy atom. The van der Waals surface area contributed by atoms with Gasteiger partial charge in [-0.15, -0.1) is 0 Å². The largest absolute Gasteiger partial charge is 0.257 e. The van der Waals surface area contributed by atoms with Gasteiger partial charge in [-0.3, -0.25) is 5.43 Å². The molecule has 3 aromatic rings. The van der Waals surface area contributed by atoms with E-state index in [0.717, 1.165) is 27.9 Å². The first kappa shape index (κ1) is 18.7. The van der Waals surface area contributed by atoms with Gasteiger partial charge in [-0.25, -0.2) is 5.43 Å². The van der Waals surface area contributed by atoms with Crippen LogP contribution in [0.3, 0.4) is 0 Å². The highest BCUT2D eigenvalue weighted by molar-refractivity contribution is 9.10. The second-order valence-corrected chi connectivity index (χ2v) is 7.58. The number of nitrogens with one attached hydrogen (secondary N) is 2. The smallest absolute Gasteiger partial charge is 0.100 e. The summed E-state index contributed by atoms with van der Waals surface area (Å²) < 4.78 is 1.08. The predicted molar refractivity (Wildman–Crippen MR) is 119 cm³/mol. The van der Waals surface area contributed by atoms with Crippen LogP contribution in [0.25, 0.3) is 0 Å². The summed E-state index contributed by atoms with van der Waals surface area (Å²) in [4.78, 5) is 0. The van der Waals surface area contributed by atoms with Crippen LogP contribution in [0, 0.1) is 5.92 Å². The Labute approximate surface area is 173 Å². The van der Waals surface area contributed by atoms with Crippen molar-refractivity contribution in [2.45, 2.75) is 6.04 Å². The summed E-state index contributed by atoms with van der Waals surface area (Å²) in [5, 5.41) is 9.07. The van der Waals surface area contributed by atoms with Gasteiger partial charge < -0.3 is 0 Å². The lowest BCUT2D eigenvalue weighted by Gasteiger charge is -2.15. The van der Waals surface area contributed by atoms with E-state index in [0.29, 0.717) is 0 Å². The molecule has 1 saturated heterocycles. The third-order valence-corrected chi connectivity index (χ3v) is 5.29. The highest BCUT2D eigenvalue weighted by Crippen LogP contribution is 2.25. The topological polar surface area (TPSA) is 48.8 Å². The van der Waals surface area contributed by atoms with Gasteiger partial charge in [0.25, 0.3) is 0 Å². The van der Waals surface area contributed by atoms with E-state index in [1.54, 1.807) is 0 Å². The number of halogens is 1. The summed E-state index contributed by atoms with van der Waals surface area (Å²) in [6.45, 7) is 0.811. The summed E-state index contributed by atoms with van der Waals surface area (Å²) >= 11 is 3.49. The van der Waals surface area contributed by atoms with Crippen LogP contribution in [-0.4, -0.2) is 18.5 Å². The van der Waals surface area contributed by atoms with Gasteiger partial charge in [-0.1, -0.05) is 88.7 Å². The van der Waals surface area contributed by atoms with Gasteiger partial charge in [0.15, 0.2) is 0 Å². The van der Waals surface area contributed by atoms with Gasteiger partial charge in [0, 0.05) is 34.3 Å². The zero-order chi connectivity index (χ0) is 19.2. The average Bonchev–Trinajstić information content (AvgIpc) is 3.21. The Morgan fingerprint density at radius 1 is 0.857 bits per heavy atom. The number of rotatable bonds is 5. The van der Waals surface area contributed by atoms with Crippen LogP contribution >= 0.6 is 15.9 Å². The lowest BCUT2D eigenvalue weighted by Crippen LogP contribution is -2.25. The van der Waals surface area contributed by atoms with Crippen LogP contribution in [0.4, 0.5) is 0 Å². The molecule has 1 fully saturated rings. The Kier molecular flexibility index (Phi) is 6.07. The maximum absolute atomic E-state index is 4.59. The predicted octanol–water partition coefficient (Wildman–Crippen LogP) is 4.74. The fraction of sp³-hybridized carbons (Fsp3) is 0.130. The molecule has 0 spiro atoms. The van der Waals surface area contributed by atoms with Crippen molar-refractivity contribution in [1.29, 1.82) is 0 Å². The molecule has 2 N–H and O–H groups in total. The maximum atomic E-state index is 4.59. The molecule has 0 amide bonds. The monoisotopic (exact) mass is 432 g/mol. The molecule has 140 valence electrons. The molecule has 4 nitrogen and oxygen atoms in total. The van der Waals surface area contributed by atoms with E-state index < -0.39 is 0 Å². The van der Waals surface area contributed by atoms with Crippen LogP contribution in [0.2, 0.25) is 0 Å². The van der Waals surface area contributed by atoms with Crippen molar-refractivity contribution in [2.75, 3.05) is 6.54 Å². The fourth-order valence-electron chi connectivity index (χ4n) is 3.30. The van der Waals surface area contributed by atoms with E-state index in [9.17, 15) is 0 Å². The van der Waals surface area contributed by atoms with Crippen molar-refractivity contribution >= 4 is 27.9 Å². The van der Waals surface area contributed by atoms with E-state index in [1.807, 2.05) is 42.6 Å². The Bertz CT molecular complexity index is 911. The molecule has 2 unspecified atom stereocenters. The number of benzene rings is 3. The van der Waals surface area contributed by atoms with E-state index in [-0.39, 0.29) is 12.0 Å². The second kappa shape index (κ2) is 9.06. The second-order valence-electron chi connectivity index (χ2n) is 6.66. The summed E-state index contributed by atoms with van der Waals surface area (Å²) in [6.07, 6.45) is 1.94. The highest BCUT2D eigenvalue weighted by atomic mass is 79.9. The summed E-state index contributed by atoms with van der Waals surface area (Å²) in [7, 11) is 0. The molecule has 4 rings (SSSR count). The molecule has 5 heteroatoms. The molecule has 0 radical (unpaired) electrons. The molecule has 2 atom stereocenters. The lowest BCUT2D eigenvalue weighted by atomic mass is 9.96. The molecular formula is C23H21BrN4. The molecule has 0 aliphatic carbocycles. The minimum absolute atomic E-state index is 0.170. The Balaban J connectivity index is 1.59. The Morgan fingerprint density at radius 3 is 2.07 bits per heavy atom. The molecule has 0 aromatic heterocycles. The van der Waals surface area contributed by atoms with Gasteiger partial charge in [-0.2, -0.15) is 10.2 Å². The molecular weight excluding hydrogens is 412 g/mol. The summed E-state index contributed by atoms with van der Waals surface area (Å²) in [5.74, 6) is 0.220. The Hall–Kier alpha value is -2.60. The van der Waals surface area contributed by atoms with Gasteiger partial charge in [-0.05, 0) is 17.7 Å². The zero-order valence-electron chi connectivity index (χ0n) is 15.3. The fourth-order valence-corrected chi connectivity index (χ4v) is 3.57. The third kappa shape index (κ3) is 4.44. The minimum atomic E-state index is 0.170. The summed E-state index contributed by atoms with van der Waals surface area (Å²) in [6, 6.07) is 28.9. The zero-order valence-corrected chi connectivity index (χ0v) is 16.9. The van der Waals surface area contributed by atoms with Crippen LogP contribution in [0.5, 0.6) is 0 Å². The molecule has 1 aliphatic rings. The first-order chi connectivity index (χ1) is 13.8. The quantitative estimate of drug-likeness (QED) is 0.451. The van der Waals surface area contributed by atoms with E-state index in [1.165, 1.54) is 5.56 Å². The van der Waals surface area contributed by atoms with E-state index in [4.69, 9.17) is 0 Å². The van der Waals surface area contributed by atoms with Crippen LogP contribution in [0.15, 0.2) is 99.6 Å². The first-order valence-electron chi connectivity index (χ1n) is 9.27.